The molecule has 226 valence electrons. The van der Waals surface area contributed by atoms with Crippen LogP contribution in [0.4, 0.5) is 32.2 Å². The molecule has 42 heavy (non-hydrogen) atoms. The van der Waals surface area contributed by atoms with Crippen molar-refractivity contribution in [3.05, 3.63) is 65.0 Å². The van der Waals surface area contributed by atoms with Gasteiger partial charge >= 0.3 is 24.3 Å². The highest BCUT2D eigenvalue weighted by Gasteiger charge is 2.38. The highest BCUT2D eigenvalue weighted by molar-refractivity contribution is 7.08. The van der Waals surface area contributed by atoms with E-state index in [0.29, 0.717) is 0 Å². The lowest BCUT2D eigenvalue weighted by atomic mass is 10.2. The number of carbonyl (C=O) groups is 2. The second-order valence-electron chi connectivity index (χ2n) is 8.74. The molecule has 1 aliphatic heterocycles. The van der Waals surface area contributed by atoms with Gasteiger partial charge < -0.3 is 15.1 Å². The number of fused-ring (bicyclic) bond motifs is 1. The molecule has 4 aromatic rings. The molecular weight excluding hydrogens is 594 g/mol. The monoisotopic (exact) mass is 618 g/mol. The Morgan fingerprint density at radius 1 is 0.952 bits per heavy atom. The summed E-state index contributed by atoms with van der Waals surface area (Å²) in [5, 5.41) is 18.5. The minimum Gasteiger partial charge on any atom is -0.475 e. The minimum atomic E-state index is -5.08. The van der Waals surface area contributed by atoms with Crippen LogP contribution in [0.2, 0.25) is 0 Å². The maximum absolute atomic E-state index is 10.6. The number of aromatic nitrogens is 4. The number of rotatable bonds is 4. The van der Waals surface area contributed by atoms with Crippen molar-refractivity contribution in [1.82, 2.24) is 24.3 Å². The van der Waals surface area contributed by atoms with Crippen LogP contribution in [0.5, 0.6) is 0 Å². The molecule has 0 atom stereocenters. The van der Waals surface area contributed by atoms with E-state index < -0.39 is 24.3 Å². The molecule has 0 spiro atoms. The van der Waals surface area contributed by atoms with E-state index in [1.807, 2.05) is 31.6 Å². The van der Waals surface area contributed by atoms with Gasteiger partial charge in [0.15, 0.2) is 11.5 Å². The first-order chi connectivity index (χ1) is 19.7. The number of hydrogen-bond acceptors (Lipinski definition) is 8. The number of halogens is 6. The lowest BCUT2D eigenvalue weighted by Crippen LogP contribution is -2.46. The molecule has 0 bridgehead atoms. The highest BCUT2D eigenvalue weighted by atomic mass is 32.1. The van der Waals surface area contributed by atoms with Gasteiger partial charge in [-0.1, -0.05) is 6.07 Å². The Bertz CT molecular complexity index is 1460. The molecule has 1 saturated heterocycles. The third-order valence-electron chi connectivity index (χ3n) is 5.71. The molecule has 17 heteroatoms. The van der Waals surface area contributed by atoms with Crippen molar-refractivity contribution in [1.29, 1.82) is 0 Å². The van der Waals surface area contributed by atoms with E-state index in [1.165, 1.54) is 5.56 Å². The van der Waals surface area contributed by atoms with E-state index in [9.17, 15) is 26.3 Å². The van der Waals surface area contributed by atoms with Crippen LogP contribution < -0.4 is 4.90 Å². The number of hydrogen-bond donors (Lipinski definition) is 2. The maximum atomic E-state index is 10.6. The number of carboxylic acid groups (broad SMARTS) is 2. The van der Waals surface area contributed by atoms with Crippen molar-refractivity contribution < 1.29 is 46.1 Å². The maximum Gasteiger partial charge on any atom is 0.490 e. The van der Waals surface area contributed by atoms with E-state index in [1.54, 1.807) is 11.3 Å². The number of pyridine rings is 1. The van der Waals surface area contributed by atoms with Crippen LogP contribution in [-0.2, 0) is 16.1 Å². The van der Waals surface area contributed by atoms with Crippen molar-refractivity contribution in [3.63, 3.8) is 0 Å². The average molecular weight is 619 g/mol. The summed E-state index contributed by atoms with van der Waals surface area (Å²) in [5.74, 6) is -4.54. The molecule has 2 N–H and O–H groups in total. The number of thiophene rings is 1. The van der Waals surface area contributed by atoms with Crippen molar-refractivity contribution >= 4 is 34.7 Å². The van der Waals surface area contributed by atoms with E-state index >= 15 is 0 Å². The number of piperazine rings is 1. The lowest BCUT2D eigenvalue weighted by molar-refractivity contribution is -0.193. The predicted octanol–water partition coefficient (Wildman–Crippen LogP) is 4.75. The van der Waals surface area contributed by atoms with Crippen LogP contribution in [0.25, 0.3) is 16.9 Å². The van der Waals surface area contributed by atoms with Crippen LogP contribution in [0, 0.1) is 6.92 Å². The smallest absolute Gasteiger partial charge is 0.475 e. The Labute approximate surface area is 238 Å². The van der Waals surface area contributed by atoms with Gasteiger partial charge in [0.2, 0.25) is 0 Å². The summed E-state index contributed by atoms with van der Waals surface area (Å²) in [5.41, 5.74) is 5.46. The molecule has 0 radical (unpaired) electrons. The van der Waals surface area contributed by atoms with Gasteiger partial charge in [0, 0.05) is 61.8 Å². The van der Waals surface area contributed by atoms with Crippen molar-refractivity contribution in [2.75, 3.05) is 31.1 Å². The minimum absolute atomic E-state index is 0.902. The Morgan fingerprint density at radius 2 is 1.57 bits per heavy atom. The second-order valence-corrected chi connectivity index (χ2v) is 9.52. The summed E-state index contributed by atoms with van der Waals surface area (Å²) in [4.78, 5) is 36.6. The van der Waals surface area contributed by atoms with Gasteiger partial charge in [-0.2, -0.15) is 37.7 Å². The van der Waals surface area contributed by atoms with Crippen LogP contribution in [0.3, 0.4) is 0 Å². The van der Waals surface area contributed by atoms with Gasteiger partial charge in [-0.25, -0.2) is 19.6 Å². The Hall–Kier alpha value is -4.25. The average Bonchev–Trinajstić information content (AvgIpc) is 3.59. The van der Waals surface area contributed by atoms with Crippen LogP contribution >= 0.6 is 11.3 Å². The fourth-order valence-electron chi connectivity index (χ4n) is 3.79. The number of carboxylic acids is 2. The Morgan fingerprint density at radius 3 is 2.10 bits per heavy atom. The molecule has 1 aliphatic rings. The molecule has 1 fully saturated rings. The van der Waals surface area contributed by atoms with E-state index in [0.717, 1.165) is 61.3 Å². The van der Waals surface area contributed by atoms with Crippen molar-refractivity contribution in [2.24, 2.45) is 0 Å². The number of aliphatic carboxylic acids is 2. The summed E-state index contributed by atoms with van der Waals surface area (Å²) in [6, 6.07) is 8.37. The fourth-order valence-corrected chi connectivity index (χ4v) is 4.44. The predicted molar refractivity (Wildman–Crippen MR) is 140 cm³/mol. The van der Waals surface area contributed by atoms with E-state index in [-0.39, 0.29) is 0 Å². The number of alkyl halides is 6. The summed E-state index contributed by atoms with van der Waals surface area (Å²) >= 11 is 1.70. The zero-order valence-corrected chi connectivity index (χ0v) is 22.6. The van der Waals surface area contributed by atoms with Gasteiger partial charge in [-0.15, -0.1) is 0 Å². The second kappa shape index (κ2) is 13.6. The van der Waals surface area contributed by atoms with Crippen LogP contribution in [0.15, 0.2) is 53.6 Å². The third-order valence-corrected chi connectivity index (χ3v) is 6.40. The van der Waals surface area contributed by atoms with Crippen molar-refractivity contribution in [3.8, 4) is 11.3 Å². The van der Waals surface area contributed by atoms with E-state index in [4.69, 9.17) is 19.8 Å². The first kappa shape index (κ1) is 32.3. The molecule has 0 aliphatic carbocycles. The summed E-state index contributed by atoms with van der Waals surface area (Å²) < 4.78 is 65.6. The first-order valence-corrected chi connectivity index (χ1v) is 13.0. The highest BCUT2D eigenvalue weighted by Crippen LogP contribution is 2.27. The standard InChI is InChI=1S/C21H22N6S.2C2HF3O2/c1-16-3-2-4-18(24-16)14-25-8-10-26(11-9-25)20-21-23-13-19(17-5-12-28-15-17)27(21)7-6-22-20;2*3-2(4,5)1(6)7/h2-7,12-13,15H,8-11,14H2,1H3;2*(H,6,7). The topological polar surface area (TPSA) is 124 Å². The van der Waals surface area contributed by atoms with Gasteiger partial charge in [0.05, 0.1) is 17.6 Å². The molecule has 0 aromatic carbocycles. The van der Waals surface area contributed by atoms with Crippen LogP contribution in [0.1, 0.15) is 11.4 Å². The lowest BCUT2D eigenvalue weighted by Gasteiger charge is -2.35. The summed E-state index contributed by atoms with van der Waals surface area (Å²) in [6.07, 6.45) is -4.34. The van der Waals surface area contributed by atoms with Gasteiger partial charge in [-0.3, -0.25) is 14.3 Å². The summed E-state index contributed by atoms with van der Waals surface area (Å²) in [6.45, 7) is 6.83. The normalized spacial score (nSPS) is 14.0. The van der Waals surface area contributed by atoms with Gasteiger partial charge in [0.1, 0.15) is 0 Å². The molecule has 0 saturated carbocycles. The third kappa shape index (κ3) is 8.87. The molecule has 5 rings (SSSR count). The first-order valence-electron chi connectivity index (χ1n) is 12.0. The van der Waals surface area contributed by atoms with E-state index in [2.05, 4.69) is 58.1 Å². The van der Waals surface area contributed by atoms with Crippen LogP contribution in [-0.4, -0.2) is 84.9 Å². The zero-order chi connectivity index (χ0) is 31.1. The molecule has 10 nitrogen and oxygen atoms in total. The Kier molecular flexibility index (Phi) is 10.5. The van der Waals surface area contributed by atoms with Crippen molar-refractivity contribution in [2.45, 2.75) is 25.8 Å². The molecule has 0 amide bonds. The number of nitrogens with zero attached hydrogens (tertiary/aromatic N) is 6. The molecule has 5 heterocycles. The largest absolute Gasteiger partial charge is 0.490 e. The summed E-state index contributed by atoms with van der Waals surface area (Å²) in [7, 11) is 0. The van der Waals surface area contributed by atoms with Gasteiger partial charge in [0.25, 0.3) is 0 Å². The number of anilines is 1. The Balaban J connectivity index is 0.000000289. The molecular formula is C25H24F6N6O4S. The quantitative estimate of drug-likeness (QED) is 0.312. The molecule has 0 unspecified atom stereocenters. The SMILES string of the molecule is Cc1cccc(CN2CCN(c3nccn4c(-c5ccsc5)cnc34)CC2)n1.O=C(O)C(F)(F)F.O=C(O)C(F)(F)F. The number of aryl methyl sites for hydroxylation is 1. The number of imidazole rings is 1. The fraction of sp³-hybridized carbons (Fsp3) is 0.320. The molecule has 4 aromatic heterocycles. The zero-order valence-electron chi connectivity index (χ0n) is 21.8. The van der Waals surface area contributed by atoms with Gasteiger partial charge in [-0.05, 0) is 30.5 Å².